The van der Waals surface area contributed by atoms with Crippen molar-refractivity contribution in [2.75, 3.05) is 12.8 Å². The first-order valence-electron chi connectivity index (χ1n) is 5.20. The number of nitrogens with two attached hydrogens (primary N) is 1. The minimum Gasteiger partial charge on any atom is -0.479 e. The Kier molecular flexibility index (Phi) is 3.27. The monoisotopic (exact) mass is 249 g/mol. The molecule has 6 heteroatoms. The molecular weight excluding hydrogens is 237 g/mol. The lowest BCUT2D eigenvalue weighted by molar-refractivity contribution is 0.391. The molecule has 0 radical (unpaired) electrons. The van der Waals surface area contributed by atoms with Crippen LogP contribution in [-0.4, -0.2) is 17.1 Å². The topological polar surface area (TPSA) is 70.3 Å². The number of ether oxygens (including phenoxy) is 2. The van der Waals surface area contributed by atoms with Gasteiger partial charge in [0.05, 0.1) is 7.11 Å². The average molecular weight is 249 g/mol. The molecule has 94 valence electrons. The lowest BCUT2D eigenvalue weighted by Crippen LogP contribution is -2.01. The lowest BCUT2D eigenvalue weighted by atomic mass is 10.2. The second kappa shape index (κ2) is 4.87. The summed E-state index contributed by atoms with van der Waals surface area (Å²) in [6.45, 7) is 1.80. The number of aromatic nitrogens is 2. The van der Waals surface area contributed by atoms with Crippen LogP contribution in [0.25, 0.3) is 0 Å². The Bertz CT molecular complexity index is 575. The molecule has 0 amide bonds. The van der Waals surface area contributed by atoms with Crippen molar-refractivity contribution in [3.05, 3.63) is 35.9 Å². The summed E-state index contributed by atoms with van der Waals surface area (Å²) in [6, 6.07) is 4.23. The first kappa shape index (κ1) is 12.1. The summed E-state index contributed by atoms with van der Waals surface area (Å²) in [5, 5.41) is 0. The Morgan fingerprint density at radius 2 is 1.94 bits per heavy atom. The standard InChI is InChI=1S/C12H12FN3O2/c1-7-3-4-8(13)5-9(7)18-12-10(14)11(17-2)15-6-16-12/h3-6H,14H2,1-2H3. The van der Waals surface area contributed by atoms with E-state index in [2.05, 4.69) is 9.97 Å². The third kappa shape index (κ3) is 2.32. The van der Waals surface area contributed by atoms with Crippen molar-refractivity contribution in [2.24, 2.45) is 0 Å². The maximum absolute atomic E-state index is 13.1. The maximum Gasteiger partial charge on any atom is 0.249 e. The van der Waals surface area contributed by atoms with Gasteiger partial charge in [-0.1, -0.05) is 6.07 Å². The van der Waals surface area contributed by atoms with E-state index in [4.69, 9.17) is 15.2 Å². The summed E-state index contributed by atoms with van der Waals surface area (Å²) < 4.78 is 23.5. The van der Waals surface area contributed by atoms with Crippen LogP contribution < -0.4 is 15.2 Å². The number of anilines is 1. The van der Waals surface area contributed by atoms with Gasteiger partial charge in [-0.2, -0.15) is 9.97 Å². The number of nitrogens with zero attached hydrogens (tertiary/aromatic N) is 2. The van der Waals surface area contributed by atoms with Crippen LogP contribution in [0.2, 0.25) is 0 Å². The second-order valence-electron chi connectivity index (χ2n) is 3.61. The van der Waals surface area contributed by atoms with Gasteiger partial charge >= 0.3 is 0 Å². The molecule has 0 aliphatic heterocycles. The van der Waals surface area contributed by atoms with Gasteiger partial charge in [0.1, 0.15) is 17.9 Å². The Hall–Kier alpha value is -2.37. The molecule has 1 aromatic carbocycles. The fourth-order valence-corrected chi connectivity index (χ4v) is 1.40. The van der Waals surface area contributed by atoms with E-state index < -0.39 is 5.82 Å². The highest BCUT2D eigenvalue weighted by Crippen LogP contribution is 2.31. The summed E-state index contributed by atoms with van der Waals surface area (Å²) >= 11 is 0. The molecule has 0 aliphatic carbocycles. The molecule has 0 aliphatic rings. The molecule has 1 heterocycles. The van der Waals surface area contributed by atoms with Crippen LogP contribution in [0, 0.1) is 12.7 Å². The zero-order valence-corrected chi connectivity index (χ0v) is 9.98. The van der Waals surface area contributed by atoms with E-state index in [1.54, 1.807) is 13.0 Å². The van der Waals surface area contributed by atoms with Gasteiger partial charge in [0.15, 0.2) is 5.69 Å². The Morgan fingerprint density at radius 3 is 2.67 bits per heavy atom. The summed E-state index contributed by atoms with van der Waals surface area (Å²) in [7, 11) is 1.44. The third-order valence-corrected chi connectivity index (χ3v) is 2.36. The maximum atomic E-state index is 13.1. The van der Waals surface area contributed by atoms with Crippen molar-refractivity contribution >= 4 is 5.69 Å². The number of methoxy groups -OCH3 is 1. The van der Waals surface area contributed by atoms with E-state index in [1.807, 2.05) is 0 Å². The smallest absolute Gasteiger partial charge is 0.249 e. The molecule has 0 spiro atoms. The lowest BCUT2D eigenvalue weighted by Gasteiger charge is -2.10. The van der Waals surface area contributed by atoms with Crippen LogP contribution in [0.4, 0.5) is 10.1 Å². The molecule has 0 bridgehead atoms. The Balaban J connectivity index is 2.37. The first-order valence-corrected chi connectivity index (χ1v) is 5.20. The molecule has 2 aromatic rings. The van der Waals surface area contributed by atoms with Crippen LogP contribution in [0.1, 0.15) is 5.56 Å². The molecule has 1 aromatic heterocycles. The highest BCUT2D eigenvalue weighted by atomic mass is 19.1. The number of aryl methyl sites for hydroxylation is 1. The number of nitrogen functional groups attached to an aromatic ring is 1. The normalized spacial score (nSPS) is 10.2. The van der Waals surface area contributed by atoms with E-state index in [0.29, 0.717) is 5.75 Å². The van der Waals surface area contributed by atoms with Crippen molar-refractivity contribution in [1.82, 2.24) is 9.97 Å². The molecule has 18 heavy (non-hydrogen) atoms. The van der Waals surface area contributed by atoms with Gasteiger partial charge in [-0.05, 0) is 18.6 Å². The summed E-state index contributed by atoms with van der Waals surface area (Å²) in [6.07, 6.45) is 1.26. The number of rotatable bonds is 3. The van der Waals surface area contributed by atoms with Gasteiger partial charge in [0.25, 0.3) is 0 Å². The predicted molar refractivity (Wildman–Crippen MR) is 64.2 cm³/mol. The molecule has 2 N–H and O–H groups in total. The Labute approximate surface area is 103 Å². The largest absolute Gasteiger partial charge is 0.479 e. The third-order valence-electron chi connectivity index (χ3n) is 2.36. The zero-order valence-electron chi connectivity index (χ0n) is 9.98. The summed E-state index contributed by atoms with van der Waals surface area (Å²) in [4.78, 5) is 7.72. The highest BCUT2D eigenvalue weighted by Gasteiger charge is 2.12. The van der Waals surface area contributed by atoms with Crippen LogP contribution in [0.15, 0.2) is 24.5 Å². The molecule has 5 nitrogen and oxygen atoms in total. The number of halogens is 1. The number of hydrogen-bond donors (Lipinski definition) is 1. The summed E-state index contributed by atoms with van der Waals surface area (Å²) in [5.74, 6) is 0.308. The fourth-order valence-electron chi connectivity index (χ4n) is 1.40. The molecule has 2 rings (SSSR count). The van der Waals surface area contributed by atoms with E-state index in [-0.39, 0.29) is 17.4 Å². The molecule has 0 unspecified atom stereocenters. The molecule has 0 atom stereocenters. The average Bonchev–Trinajstić information content (AvgIpc) is 2.36. The minimum atomic E-state index is -0.393. The summed E-state index contributed by atoms with van der Waals surface area (Å²) in [5.41, 5.74) is 6.70. The fraction of sp³-hybridized carbons (Fsp3) is 0.167. The van der Waals surface area contributed by atoms with Crippen LogP contribution in [-0.2, 0) is 0 Å². The molecule has 0 saturated carbocycles. The van der Waals surface area contributed by atoms with Gasteiger partial charge in [-0.3, -0.25) is 0 Å². The van der Waals surface area contributed by atoms with Gasteiger partial charge in [0.2, 0.25) is 11.8 Å². The van der Waals surface area contributed by atoms with E-state index in [1.165, 1.54) is 25.6 Å². The van der Waals surface area contributed by atoms with Gasteiger partial charge in [-0.15, -0.1) is 0 Å². The first-order chi connectivity index (χ1) is 8.61. The van der Waals surface area contributed by atoms with Crippen molar-refractivity contribution < 1.29 is 13.9 Å². The van der Waals surface area contributed by atoms with Gasteiger partial charge in [0, 0.05) is 6.07 Å². The van der Waals surface area contributed by atoms with Gasteiger partial charge in [-0.25, -0.2) is 4.39 Å². The SMILES string of the molecule is COc1ncnc(Oc2cc(F)ccc2C)c1N. The molecule has 0 saturated heterocycles. The van der Waals surface area contributed by atoms with Crippen molar-refractivity contribution in [1.29, 1.82) is 0 Å². The van der Waals surface area contributed by atoms with Crippen molar-refractivity contribution in [3.63, 3.8) is 0 Å². The van der Waals surface area contributed by atoms with Crippen molar-refractivity contribution in [2.45, 2.75) is 6.92 Å². The van der Waals surface area contributed by atoms with E-state index in [0.717, 1.165) is 5.56 Å². The molecular formula is C12H12FN3O2. The predicted octanol–water partition coefficient (Wildman–Crippen LogP) is 2.31. The van der Waals surface area contributed by atoms with E-state index in [9.17, 15) is 4.39 Å². The van der Waals surface area contributed by atoms with Crippen LogP contribution in [0.3, 0.4) is 0 Å². The van der Waals surface area contributed by atoms with Crippen LogP contribution >= 0.6 is 0 Å². The number of benzene rings is 1. The molecule has 0 fully saturated rings. The van der Waals surface area contributed by atoms with E-state index >= 15 is 0 Å². The minimum absolute atomic E-state index is 0.135. The second-order valence-corrected chi connectivity index (χ2v) is 3.61. The Morgan fingerprint density at radius 1 is 1.22 bits per heavy atom. The van der Waals surface area contributed by atoms with Gasteiger partial charge < -0.3 is 15.2 Å². The van der Waals surface area contributed by atoms with Crippen molar-refractivity contribution in [3.8, 4) is 17.5 Å². The highest BCUT2D eigenvalue weighted by molar-refractivity contribution is 5.57. The quantitative estimate of drug-likeness (QED) is 0.903. The zero-order chi connectivity index (χ0) is 13.1. The number of hydrogen-bond acceptors (Lipinski definition) is 5. The van der Waals surface area contributed by atoms with Crippen LogP contribution in [0.5, 0.6) is 17.5 Å².